The molecule has 0 radical (unpaired) electrons. The summed E-state index contributed by atoms with van der Waals surface area (Å²) in [6.07, 6.45) is 6.11. The number of carbonyl (C=O) groups is 2. The summed E-state index contributed by atoms with van der Waals surface area (Å²) in [5.41, 5.74) is 0.106. The lowest BCUT2D eigenvalue weighted by Gasteiger charge is -2.27. The third kappa shape index (κ3) is 3.66. The normalized spacial score (nSPS) is 18.2. The zero-order chi connectivity index (χ0) is 20.4. The molecule has 8 nitrogen and oxygen atoms in total. The third-order valence-corrected chi connectivity index (χ3v) is 4.71. The number of halogens is 1. The highest BCUT2D eigenvalue weighted by atomic mass is 19.1. The average molecular weight is 395 g/mol. The van der Waals surface area contributed by atoms with Crippen LogP contribution >= 0.6 is 0 Å². The fourth-order valence-electron chi connectivity index (χ4n) is 3.19. The molecule has 1 fully saturated rings. The average Bonchev–Trinajstić information content (AvgIpc) is 3.37. The number of benzene rings is 1. The third-order valence-electron chi connectivity index (χ3n) is 4.71. The summed E-state index contributed by atoms with van der Waals surface area (Å²) in [5.74, 6) is -0.303. The summed E-state index contributed by atoms with van der Waals surface area (Å²) in [6, 6.07) is 8.27. The van der Waals surface area contributed by atoms with Crippen molar-refractivity contribution in [3.05, 3.63) is 66.5 Å². The van der Waals surface area contributed by atoms with Crippen LogP contribution in [0.25, 0.3) is 17.1 Å². The Bertz CT molecular complexity index is 1050. The van der Waals surface area contributed by atoms with Gasteiger partial charge < -0.3 is 15.4 Å². The Morgan fingerprint density at radius 2 is 2.03 bits per heavy atom. The molecule has 1 aliphatic heterocycles. The van der Waals surface area contributed by atoms with Gasteiger partial charge in [0.25, 0.3) is 0 Å². The van der Waals surface area contributed by atoms with E-state index in [4.69, 9.17) is 4.74 Å². The van der Waals surface area contributed by atoms with Crippen LogP contribution in [0.5, 0.6) is 0 Å². The first kappa shape index (κ1) is 18.6. The van der Waals surface area contributed by atoms with Crippen molar-refractivity contribution in [2.45, 2.75) is 12.5 Å². The second-order valence-corrected chi connectivity index (χ2v) is 6.70. The van der Waals surface area contributed by atoms with Gasteiger partial charge in [-0.2, -0.15) is 0 Å². The van der Waals surface area contributed by atoms with Crippen molar-refractivity contribution in [3.63, 3.8) is 0 Å². The monoisotopic (exact) mass is 395 g/mol. The number of aromatic nitrogens is 3. The van der Waals surface area contributed by atoms with Crippen LogP contribution in [0.15, 0.2) is 55.1 Å². The van der Waals surface area contributed by atoms with E-state index < -0.39 is 17.5 Å². The highest BCUT2D eigenvalue weighted by Gasteiger charge is 2.42. The molecule has 29 heavy (non-hydrogen) atoms. The van der Waals surface area contributed by atoms with Gasteiger partial charge in [-0.1, -0.05) is 12.1 Å². The van der Waals surface area contributed by atoms with E-state index in [-0.39, 0.29) is 19.0 Å². The van der Waals surface area contributed by atoms with Crippen molar-refractivity contribution in [1.29, 1.82) is 0 Å². The van der Waals surface area contributed by atoms with Gasteiger partial charge in [-0.05, 0) is 18.2 Å². The molecule has 3 aromatic rings. The van der Waals surface area contributed by atoms with Crippen LogP contribution in [-0.4, -0.2) is 39.6 Å². The van der Waals surface area contributed by atoms with E-state index in [9.17, 15) is 14.0 Å². The minimum atomic E-state index is -1.17. The number of nitrogens with zero attached hydrogens (tertiary/aromatic N) is 3. The number of carbonyl (C=O) groups excluding carboxylic acids is 2. The van der Waals surface area contributed by atoms with Crippen LogP contribution in [0, 0.1) is 5.82 Å². The summed E-state index contributed by atoms with van der Waals surface area (Å²) >= 11 is 0. The highest BCUT2D eigenvalue weighted by Crippen LogP contribution is 2.32. The molecule has 148 valence electrons. The van der Waals surface area contributed by atoms with E-state index in [2.05, 4.69) is 20.6 Å². The number of alkyl carbamates (subject to hydrolysis) is 1. The predicted octanol–water partition coefficient (Wildman–Crippen LogP) is 2.14. The van der Waals surface area contributed by atoms with Gasteiger partial charge in [0.15, 0.2) is 5.60 Å². The van der Waals surface area contributed by atoms with E-state index in [1.165, 1.54) is 13.0 Å². The van der Waals surface area contributed by atoms with Gasteiger partial charge in [-0.3, -0.25) is 9.36 Å². The van der Waals surface area contributed by atoms with Gasteiger partial charge in [0, 0.05) is 48.4 Å². The molecule has 2 amide bonds. The molecule has 0 unspecified atom stereocenters. The van der Waals surface area contributed by atoms with E-state index in [0.717, 1.165) is 0 Å². The van der Waals surface area contributed by atoms with E-state index in [1.54, 1.807) is 29.1 Å². The van der Waals surface area contributed by atoms with Crippen molar-refractivity contribution in [2.24, 2.45) is 0 Å². The molecule has 1 saturated heterocycles. The maximum absolute atomic E-state index is 14.9. The molecule has 9 heteroatoms. The van der Waals surface area contributed by atoms with Crippen molar-refractivity contribution in [2.75, 3.05) is 13.1 Å². The molecule has 2 N–H and O–H groups in total. The van der Waals surface area contributed by atoms with Crippen LogP contribution < -0.4 is 10.6 Å². The molecule has 3 heterocycles. The van der Waals surface area contributed by atoms with Gasteiger partial charge >= 0.3 is 6.09 Å². The number of rotatable bonds is 5. The Labute approximate surface area is 165 Å². The summed E-state index contributed by atoms with van der Waals surface area (Å²) in [7, 11) is 0. The topological polar surface area (TPSA) is 98.1 Å². The number of nitrogens with one attached hydrogen (secondary N) is 2. The smallest absolute Gasteiger partial charge is 0.408 e. The second-order valence-electron chi connectivity index (χ2n) is 6.70. The Morgan fingerprint density at radius 1 is 1.31 bits per heavy atom. The summed E-state index contributed by atoms with van der Waals surface area (Å²) < 4.78 is 22.1. The molecule has 0 spiro atoms. The quantitative estimate of drug-likeness (QED) is 0.690. The molecule has 0 aliphatic carbocycles. The van der Waals surface area contributed by atoms with Crippen molar-refractivity contribution < 1.29 is 18.7 Å². The molecule has 1 aromatic carbocycles. The lowest BCUT2D eigenvalue weighted by molar-refractivity contribution is -0.120. The Hall–Kier alpha value is -3.75. The number of amides is 2. The first-order valence-corrected chi connectivity index (χ1v) is 8.94. The SMILES string of the molecule is CC(=O)NC[C@@]1(c2ccc(-c3cnc(-n4cccc4)nc3)c(F)c2)CNC(=O)O1. The first-order chi connectivity index (χ1) is 14.0. The molecular formula is C20H18FN5O3. The van der Waals surface area contributed by atoms with Gasteiger partial charge in [0.2, 0.25) is 11.9 Å². The molecule has 0 bridgehead atoms. The van der Waals surface area contributed by atoms with E-state index in [0.29, 0.717) is 22.6 Å². The lowest BCUT2D eigenvalue weighted by atomic mass is 9.92. The summed E-state index contributed by atoms with van der Waals surface area (Å²) in [6.45, 7) is 1.52. The fourth-order valence-corrected chi connectivity index (χ4v) is 3.19. The van der Waals surface area contributed by atoms with Gasteiger partial charge in [-0.15, -0.1) is 0 Å². The standard InChI is InChI=1S/C20H18FN5O3/c1-13(27)24-11-20(12-25-19(28)29-20)15-4-5-16(17(21)8-15)14-9-22-18(23-10-14)26-6-2-3-7-26/h2-10H,11-12H2,1H3,(H,24,27)(H,25,28)/t20-/m0/s1. The van der Waals surface area contributed by atoms with Crippen LogP contribution in [0.1, 0.15) is 12.5 Å². The minimum absolute atomic E-state index is 0.0362. The Balaban J connectivity index is 1.63. The molecule has 1 aliphatic rings. The van der Waals surface area contributed by atoms with Crippen molar-refractivity contribution in [3.8, 4) is 17.1 Å². The van der Waals surface area contributed by atoms with Gasteiger partial charge in [0.1, 0.15) is 5.82 Å². The van der Waals surface area contributed by atoms with Crippen LogP contribution in [0.2, 0.25) is 0 Å². The largest absolute Gasteiger partial charge is 0.434 e. The first-order valence-electron chi connectivity index (χ1n) is 8.94. The zero-order valence-corrected chi connectivity index (χ0v) is 15.6. The maximum Gasteiger partial charge on any atom is 0.408 e. The summed E-state index contributed by atoms with van der Waals surface area (Å²) in [4.78, 5) is 31.5. The number of ether oxygens (including phenoxy) is 1. The zero-order valence-electron chi connectivity index (χ0n) is 15.6. The minimum Gasteiger partial charge on any atom is -0.434 e. The van der Waals surface area contributed by atoms with Crippen LogP contribution in [0.4, 0.5) is 9.18 Å². The molecule has 0 saturated carbocycles. The van der Waals surface area contributed by atoms with Gasteiger partial charge in [0.05, 0.1) is 13.1 Å². The second kappa shape index (κ2) is 7.34. The molecule has 1 atom stereocenters. The predicted molar refractivity (Wildman–Crippen MR) is 102 cm³/mol. The van der Waals surface area contributed by atoms with Crippen LogP contribution in [0.3, 0.4) is 0 Å². The summed E-state index contributed by atoms with van der Waals surface area (Å²) in [5, 5.41) is 5.19. The molecule has 4 rings (SSSR count). The number of hydrogen-bond donors (Lipinski definition) is 2. The Kier molecular flexibility index (Phi) is 4.71. The van der Waals surface area contributed by atoms with E-state index >= 15 is 0 Å². The Morgan fingerprint density at radius 3 is 2.62 bits per heavy atom. The fraction of sp³-hybridized carbons (Fsp3) is 0.200. The van der Waals surface area contributed by atoms with E-state index in [1.807, 2.05) is 24.5 Å². The van der Waals surface area contributed by atoms with Crippen LogP contribution in [-0.2, 0) is 15.1 Å². The maximum atomic E-state index is 14.9. The van der Waals surface area contributed by atoms with Crippen molar-refractivity contribution in [1.82, 2.24) is 25.2 Å². The van der Waals surface area contributed by atoms with Crippen molar-refractivity contribution >= 4 is 12.0 Å². The van der Waals surface area contributed by atoms with Gasteiger partial charge in [-0.25, -0.2) is 19.2 Å². The number of cyclic esters (lactones) is 1. The lowest BCUT2D eigenvalue weighted by Crippen LogP contribution is -2.43. The molecular weight excluding hydrogens is 377 g/mol. The highest BCUT2D eigenvalue weighted by molar-refractivity contribution is 5.74. The number of hydrogen-bond acceptors (Lipinski definition) is 5. The molecule has 2 aromatic heterocycles.